The Morgan fingerprint density at radius 1 is 0.708 bits per heavy atom. The van der Waals surface area contributed by atoms with Crippen molar-refractivity contribution in [3.63, 3.8) is 0 Å². The fourth-order valence-corrected chi connectivity index (χ4v) is 2.30. The summed E-state index contributed by atoms with van der Waals surface area (Å²) in [6.07, 6.45) is 3.63. The number of rotatable bonds is 7. The first-order valence-electron chi connectivity index (χ1n) is 7.75. The Hall–Kier alpha value is -2.36. The summed E-state index contributed by atoms with van der Waals surface area (Å²) in [6.45, 7) is 2.27. The lowest BCUT2D eigenvalue weighted by Crippen LogP contribution is -2.12. The fourth-order valence-electron chi connectivity index (χ4n) is 2.30. The Morgan fingerprint density at radius 2 is 1.33 bits per heavy atom. The molecule has 0 bridgehead atoms. The summed E-state index contributed by atoms with van der Waals surface area (Å²) < 4.78 is 5.79. The summed E-state index contributed by atoms with van der Waals surface area (Å²) in [5, 5.41) is 3.43. The summed E-state index contributed by atoms with van der Waals surface area (Å²) in [5.74, 6) is 0.895. The quantitative estimate of drug-likeness (QED) is 0.693. The summed E-state index contributed by atoms with van der Waals surface area (Å²) in [5.41, 5.74) is 3.66. The van der Waals surface area contributed by atoms with Gasteiger partial charge in [-0.1, -0.05) is 42.5 Å². The normalized spacial score (nSPS) is 10.0. The Balaban J connectivity index is 0.00000208. The van der Waals surface area contributed by atoms with Gasteiger partial charge in [-0.3, -0.25) is 4.98 Å². The van der Waals surface area contributed by atoms with Gasteiger partial charge in [-0.25, -0.2) is 0 Å². The van der Waals surface area contributed by atoms with Crippen LogP contribution in [-0.2, 0) is 19.7 Å². The van der Waals surface area contributed by atoms with Crippen LogP contribution < -0.4 is 10.1 Å². The van der Waals surface area contributed by atoms with E-state index in [0.717, 1.165) is 18.8 Å². The minimum Gasteiger partial charge on any atom is -0.489 e. The van der Waals surface area contributed by atoms with Gasteiger partial charge in [0.25, 0.3) is 0 Å². The molecule has 2 aromatic carbocycles. The molecule has 124 valence electrons. The van der Waals surface area contributed by atoms with E-state index in [4.69, 9.17) is 4.74 Å². The predicted octanol–water partition coefficient (Wildman–Crippen LogP) is 4.37. The van der Waals surface area contributed by atoms with Crippen LogP contribution in [0.5, 0.6) is 5.75 Å². The maximum absolute atomic E-state index is 5.79. The molecule has 0 aliphatic heterocycles. The topological polar surface area (TPSA) is 34.1 Å². The molecular weight excluding hydrogens is 320 g/mol. The van der Waals surface area contributed by atoms with Crippen molar-refractivity contribution in [1.29, 1.82) is 0 Å². The second kappa shape index (κ2) is 9.71. The number of nitrogens with zero attached hydrogens (tertiary/aromatic N) is 1. The zero-order chi connectivity index (χ0) is 15.7. The van der Waals surface area contributed by atoms with Crippen molar-refractivity contribution in [2.45, 2.75) is 19.7 Å². The SMILES string of the molecule is Cl.c1ccc(COc2ccc(CNCc3ccncc3)cc2)cc1. The molecule has 0 unspecified atom stereocenters. The van der Waals surface area contributed by atoms with E-state index in [1.165, 1.54) is 16.7 Å². The molecule has 0 amide bonds. The molecule has 0 radical (unpaired) electrons. The third kappa shape index (κ3) is 5.69. The number of benzene rings is 2. The summed E-state index contributed by atoms with van der Waals surface area (Å²) in [7, 11) is 0. The first kappa shape index (κ1) is 18.0. The molecule has 3 nitrogen and oxygen atoms in total. The monoisotopic (exact) mass is 340 g/mol. The van der Waals surface area contributed by atoms with E-state index in [1.54, 1.807) is 0 Å². The molecule has 1 N–H and O–H groups in total. The highest BCUT2D eigenvalue weighted by molar-refractivity contribution is 5.85. The highest BCUT2D eigenvalue weighted by atomic mass is 35.5. The van der Waals surface area contributed by atoms with Gasteiger partial charge in [0.2, 0.25) is 0 Å². The van der Waals surface area contributed by atoms with E-state index >= 15 is 0 Å². The number of halogens is 1. The third-order valence-corrected chi connectivity index (χ3v) is 3.58. The molecular formula is C20H21ClN2O. The molecule has 1 heterocycles. The van der Waals surface area contributed by atoms with E-state index in [1.807, 2.05) is 54.9 Å². The molecule has 0 atom stereocenters. The van der Waals surface area contributed by atoms with Gasteiger partial charge in [0, 0.05) is 25.5 Å². The van der Waals surface area contributed by atoms with E-state index in [0.29, 0.717) is 6.61 Å². The van der Waals surface area contributed by atoms with Crippen molar-refractivity contribution < 1.29 is 4.74 Å². The Bertz CT molecular complexity index is 703. The molecule has 0 aliphatic carbocycles. The van der Waals surface area contributed by atoms with Gasteiger partial charge >= 0.3 is 0 Å². The summed E-state index contributed by atoms with van der Waals surface area (Å²) in [6, 6.07) is 22.5. The number of ether oxygens (including phenoxy) is 1. The van der Waals surface area contributed by atoms with Crippen molar-refractivity contribution in [2.24, 2.45) is 0 Å². The van der Waals surface area contributed by atoms with Gasteiger partial charge in [-0.05, 0) is 41.0 Å². The average Bonchev–Trinajstić information content (AvgIpc) is 2.63. The largest absolute Gasteiger partial charge is 0.489 e. The van der Waals surface area contributed by atoms with Gasteiger partial charge in [0.05, 0.1) is 0 Å². The number of hydrogen-bond acceptors (Lipinski definition) is 3. The molecule has 0 spiro atoms. The molecule has 1 aromatic heterocycles. The first-order valence-corrected chi connectivity index (χ1v) is 7.75. The lowest BCUT2D eigenvalue weighted by Gasteiger charge is -2.08. The number of nitrogens with one attached hydrogen (secondary N) is 1. The van der Waals surface area contributed by atoms with E-state index < -0.39 is 0 Å². The average molecular weight is 341 g/mol. The lowest BCUT2D eigenvalue weighted by atomic mass is 10.2. The van der Waals surface area contributed by atoms with E-state index in [-0.39, 0.29) is 12.4 Å². The van der Waals surface area contributed by atoms with Crippen molar-refractivity contribution in [2.75, 3.05) is 0 Å². The summed E-state index contributed by atoms with van der Waals surface area (Å²) in [4.78, 5) is 4.02. The number of aromatic nitrogens is 1. The Labute approximate surface area is 149 Å². The van der Waals surface area contributed by atoms with E-state index in [2.05, 4.69) is 34.6 Å². The van der Waals surface area contributed by atoms with Crippen molar-refractivity contribution >= 4 is 12.4 Å². The molecule has 24 heavy (non-hydrogen) atoms. The van der Waals surface area contributed by atoms with Crippen LogP contribution in [0.25, 0.3) is 0 Å². The van der Waals surface area contributed by atoms with Crippen LogP contribution in [0.3, 0.4) is 0 Å². The minimum atomic E-state index is 0. The zero-order valence-corrected chi connectivity index (χ0v) is 14.2. The lowest BCUT2D eigenvalue weighted by molar-refractivity contribution is 0.306. The molecule has 3 aromatic rings. The van der Waals surface area contributed by atoms with Gasteiger partial charge < -0.3 is 10.1 Å². The molecule has 0 aliphatic rings. The van der Waals surface area contributed by atoms with Gasteiger partial charge in [-0.2, -0.15) is 0 Å². The maximum Gasteiger partial charge on any atom is 0.119 e. The Kier molecular flexibility index (Phi) is 7.27. The van der Waals surface area contributed by atoms with Crippen LogP contribution in [0.4, 0.5) is 0 Å². The molecule has 4 heteroatoms. The van der Waals surface area contributed by atoms with Gasteiger partial charge in [-0.15, -0.1) is 12.4 Å². The van der Waals surface area contributed by atoms with Crippen LogP contribution in [0.15, 0.2) is 79.1 Å². The zero-order valence-electron chi connectivity index (χ0n) is 13.4. The Morgan fingerprint density at radius 3 is 2.00 bits per heavy atom. The van der Waals surface area contributed by atoms with E-state index in [9.17, 15) is 0 Å². The van der Waals surface area contributed by atoms with Gasteiger partial charge in [0.15, 0.2) is 0 Å². The highest BCUT2D eigenvalue weighted by Crippen LogP contribution is 2.14. The highest BCUT2D eigenvalue weighted by Gasteiger charge is 1.98. The van der Waals surface area contributed by atoms with Crippen molar-refractivity contribution in [3.05, 3.63) is 95.8 Å². The maximum atomic E-state index is 5.79. The predicted molar refractivity (Wildman–Crippen MR) is 99.2 cm³/mol. The summed E-state index contributed by atoms with van der Waals surface area (Å²) >= 11 is 0. The second-order valence-electron chi connectivity index (χ2n) is 5.38. The van der Waals surface area contributed by atoms with Crippen LogP contribution in [0, 0.1) is 0 Å². The number of pyridine rings is 1. The molecule has 3 rings (SSSR count). The van der Waals surface area contributed by atoms with Crippen LogP contribution in [0.1, 0.15) is 16.7 Å². The number of hydrogen-bond donors (Lipinski definition) is 1. The van der Waals surface area contributed by atoms with Crippen LogP contribution in [-0.4, -0.2) is 4.98 Å². The molecule has 0 fully saturated rings. The molecule has 0 saturated carbocycles. The van der Waals surface area contributed by atoms with Gasteiger partial charge in [0.1, 0.15) is 12.4 Å². The first-order chi connectivity index (χ1) is 11.4. The smallest absolute Gasteiger partial charge is 0.119 e. The minimum absolute atomic E-state index is 0. The fraction of sp³-hybridized carbons (Fsp3) is 0.150. The van der Waals surface area contributed by atoms with Crippen molar-refractivity contribution in [1.82, 2.24) is 10.3 Å². The molecule has 0 saturated heterocycles. The van der Waals surface area contributed by atoms with Crippen LogP contribution >= 0.6 is 12.4 Å². The van der Waals surface area contributed by atoms with Crippen LogP contribution in [0.2, 0.25) is 0 Å². The standard InChI is InChI=1S/C20H20N2O.ClH/c1-2-4-19(5-3-1)16-23-20-8-6-17(7-9-20)14-22-15-18-10-12-21-13-11-18;/h1-13,22H,14-16H2;1H. The van der Waals surface area contributed by atoms with Crippen molar-refractivity contribution in [3.8, 4) is 5.75 Å². The second-order valence-corrected chi connectivity index (χ2v) is 5.38. The third-order valence-electron chi connectivity index (χ3n) is 3.58.